The van der Waals surface area contributed by atoms with E-state index in [0.29, 0.717) is 0 Å². The monoisotopic (exact) mass is 301 g/mol. The molecule has 0 aliphatic carbocycles. The van der Waals surface area contributed by atoms with E-state index in [1.165, 1.54) is 18.2 Å². The Morgan fingerprint density at radius 2 is 2.20 bits per heavy atom. The molecule has 0 aromatic heterocycles. The van der Waals surface area contributed by atoms with Crippen LogP contribution in [0.25, 0.3) is 0 Å². The predicted molar refractivity (Wildman–Crippen MR) is 72.0 cm³/mol. The zero-order valence-electron chi connectivity index (χ0n) is 11.1. The summed E-state index contributed by atoms with van der Waals surface area (Å²) in [6.07, 6.45) is 1.34. The number of benzene rings is 1. The maximum Gasteiger partial charge on any atom is 0.321 e. The van der Waals surface area contributed by atoms with Gasteiger partial charge >= 0.3 is 5.97 Å². The van der Waals surface area contributed by atoms with Gasteiger partial charge in [0.15, 0.2) is 0 Å². The Bertz CT molecular complexity index is 586. The van der Waals surface area contributed by atoms with Crippen molar-refractivity contribution in [2.45, 2.75) is 11.8 Å². The van der Waals surface area contributed by atoms with E-state index in [1.807, 2.05) is 0 Å². The second kappa shape index (κ2) is 7.16. The number of sulfonamides is 1. The van der Waals surface area contributed by atoms with Crippen molar-refractivity contribution in [3.05, 3.63) is 42.7 Å². The summed E-state index contributed by atoms with van der Waals surface area (Å²) in [5.74, 6) is -1.34. The van der Waals surface area contributed by atoms with E-state index in [2.05, 4.69) is 6.58 Å². The standard InChI is InChI=1S/C13H16FNO4S/c1-3-8-15(10-13(16)19-4-2)20(17,18)12-7-5-6-11(14)9-12/h3,5-7,9H,1,4,8,10H2,2H3. The molecule has 0 fully saturated rings. The molecule has 0 heterocycles. The fourth-order valence-electron chi connectivity index (χ4n) is 1.52. The molecule has 7 heteroatoms. The van der Waals surface area contributed by atoms with Crippen LogP contribution in [-0.4, -0.2) is 38.4 Å². The first-order valence-electron chi connectivity index (χ1n) is 5.94. The third-order valence-electron chi connectivity index (χ3n) is 2.38. The first-order chi connectivity index (χ1) is 9.41. The highest BCUT2D eigenvalue weighted by Crippen LogP contribution is 2.16. The molecule has 0 unspecified atom stereocenters. The molecule has 0 aliphatic rings. The average Bonchev–Trinajstić information content (AvgIpc) is 2.38. The minimum absolute atomic E-state index is 0.0718. The number of halogens is 1. The van der Waals surface area contributed by atoms with Gasteiger partial charge in [-0.1, -0.05) is 12.1 Å². The summed E-state index contributed by atoms with van der Waals surface area (Å²) >= 11 is 0. The fourth-order valence-corrected chi connectivity index (χ4v) is 2.91. The summed E-state index contributed by atoms with van der Waals surface area (Å²) < 4.78 is 43.4. The van der Waals surface area contributed by atoms with Crippen molar-refractivity contribution in [3.63, 3.8) is 0 Å². The van der Waals surface area contributed by atoms with E-state index in [0.717, 1.165) is 16.4 Å². The van der Waals surface area contributed by atoms with Gasteiger partial charge in [0.2, 0.25) is 10.0 Å². The number of rotatable bonds is 7. The second-order valence-electron chi connectivity index (χ2n) is 3.85. The number of hydrogen-bond acceptors (Lipinski definition) is 4. The van der Waals surface area contributed by atoms with Crippen LogP contribution >= 0.6 is 0 Å². The Morgan fingerprint density at radius 3 is 2.75 bits per heavy atom. The first-order valence-corrected chi connectivity index (χ1v) is 7.38. The largest absolute Gasteiger partial charge is 0.465 e. The maximum absolute atomic E-state index is 13.1. The summed E-state index contributed by atoms with van der Waals surface area (Å²) in [6.45, 7) is 4.70. The molecule has 1 aromatic carbocycles. The molecule has 0 atom stereocenters. The van der Waals surface area contributed by atoms with Gasteiger partial charge in [-0.05, 0) is 25.1 Å². The van der Waals surface area contributed by atoms with Crippen LogP contribution in [0.4, 0.5) is 4.39 Å². The molecule has 0 radical (unpaired) electrons. The normalized spacial score (nSPS) is 11.3. The van der Waals surface area contributed by atoms with Gasteiger partial charge in [-0.2, -0.15) is 4.31 Å². The Labute approximate surface area is 117 Å². The predicted octanol–water partition coefficient (Wildman–Crippen LogP) is 1.57. The van der Waals surface area contributed by atoms with Gasteiger partial charge in [0.25, 0.3) is 0 Å². The van der Waals surface area contributed by atoms with Gasteiger partial charge in [0.1, 0.15) is 12.4 Å². The van der Waals surface area contributed by atoms with E-state index < -0.39 is 28.4 Å². The van der Waals surface area contributed by atoms with Crippen LogP contribution in [0.2, 0.25) is 0 Å². The van der Waals surface area contributed by atoms with Crippen molar-refractivity contribution >= 4 is 16.0 Å². The number of carbonyl (C=O) groups is 1. The zero-order chi connectivity index (χ0) is 15.2. The van der Waals surface area contributed by atoms with Gasteiger partial charge in [-0.25, -0.2) is 12.8 Å². The van der Waals surface area contributed by atoms with Crippen molar-refractivity contribution in [1.82, 2.24) is 4.31 Å². The number of esters is 1. The Balaban J connectivity index is 3.06. The lowest BCUT2D eigenvalue weighted by Crippen LogP contribution is -2.36. The van der Waals surface area contributed by atoms with E-state index in [-0.39, 0.29) is 18.0 Å². The highest BCUT2D eigenvalue weighted by Gasteiger charge is 2.26. The van der Waals surface area contributed by atoms with Gasteiger partial charge in [0.05, 0.1) is 11.5 Å². The molecule has 5 nitrogen and oxygen atoms in total. The number of nitrogens with zero attached hydrogens (tertiary/aromatic N) is 1. The zero-order valence-corrected chi connectivity index (χ0v) is 11.9. The molecular weight excluding hydrogens is 285 g/mol. The summed E-state index contributed by atoms with van der Waals surface area (Å²) in [5, 5.41) is 0. The Morgan fingerprint density at radius 1 is 1.50 bits per heavy atom. The van der Waals surface area contributed by atoms with Gasteiger partial charge < -0.3 is 4.74 Å². The maximum atomic E-state index is 13.1. The van der Waals surface area contributed by atoms with Gasteiger partial charge in [-0.15, -0.1) is 6.58 Å². The fraction of sp³-hybridized carbons (Fsp3) is 0.308. The van der Waals surface area contributed by atoms with E-state index in [9.17, 15) is 17.6 Å². The molecule has 0 saturated heterocycles. The lowest BCUT2D eigenvalue weighted by atomic mass is 10.4. The summed E-state index contributed by atoms with van der Waals surface area (Å²) in [6, 6.07) is 4.59. The third-order valence-corrected chi connectivity index (χ3v) is 4.19. The molecule has 0 amide bonds. The summed E-state index contributed by atoms with van der Waals surface area (Å²) in [5.41, 5.74) is 0. The van der Waals surface area contributed by atoms with Crippen LogP contribution in [0, 0.1) is 5.82 Å². The van der Waals surface area contributed by atoms with Crippen molar-refractivity contribution < 1.29 is 22.3 Å². The summed E-state index contributed by atoms with van der Waals surface area (Å²) in [7, 11) is -3.98. The van der Waals surface area contributed by atoms with E-state index in [4.69, 9.17) is 4.74 Å². The molecule has 20 heavy (non-hydrogen) atoms. The molecule has 0 saturated carbocycles. The van der Waals surface area contributed by atoms with E-state index >= 15 is 0 Å². The molecule has 0 N–H and O–H groups in total. The van der Waals surface area contributed by atoms with Crippen LogP contribution in [0.5, 0.6) is 0 Å². The lowest BCUT2D eigenvalue weighted by molar-refractivity contribution is -0.143. The molecule has 1 rings (SSSR count). The van der Waals surface area contributed by atoms with Crippen molar-refractivity contribution in [3.8, 4) is 0 Å². The quantitative estimate of drug-likeness (QED) is 0.566. The van der Waals surface area contributed by atoms with E-state index in [1.54, 1.807) is 6.92 Å². The second-order valence-corrected chi connectivity index (χ2v) is 5.79. The number of hydrogen-bond donors (Lipinski definition) is 0. The lowest BCUT2D eigenvalue weighted by Gasteiger charge is -2.19. The van der Waals surface area contributed by atoms with Crippen LogP contribution < -0.4 is 0 Å². The average molecular weight is 301 g/mol. The number of ether oxygens (including phenoxy) is 1. The first kappa shape index (κ1) is 16.3. The van der Waals surface area contributed by atoms with Crippen molar-refractivity contribution in [2.24, 2.45) is 0 Å². The molecule has 0 aliphatic heterocycles. The van der Waals surface area contributed by atoms with Gasteiger partial charge in [-0.3, -0.25) is 4.79 Å². The van der Waals surface area contributed by atoms with Crippen LogP contribution in [0.1, 0.15) is 6.92 Å². The van der Waals surface area contributed by atoms with Gasteiger partial charge in [0, 0.05) is 6.54 Å². The number of carbonyl (C=O) groups excluding carboxylic acids is 1. The summed E-state index contributed by atoms with van der Waals surface area (Å²) in [4.78, 5) is 11.2. The smallest absolute Gasteiger partial charge is 0.321 e. The minimum atomic E-state index is -3.98. The van der Waals surface area contributed by atoms with Crippen LogP contribution in [-0.2, 0) is 19.6 Å². The Hall–Kier alpha value is -1.73. The third kappa shape index (κ3) is 4.14. The highest BCUT2D eigenvalue weighted by molar-refractivity contribution is 7.89. The van der Waals surface area contributed by atoms with Crippen LogP contribution in [0.15, 0.2) is 41.8 Å². The molecule has 0 spiro atoms. The molecule has 0 bridgehead atoms. The van der Waals surface area contributed by atoms with Crippen molar-refractivity contribution in [1.29, 1.82) is 0 Å². The highest BCUT2D eigenvalue weighted by atomic mass is 32.2. The molecular formula is C13H16FNO4S. The molecule has 1 aromatic rings. The Kier molecular flexibility index (Phi) is 5.84. The SMILES string of the molecule is C=CCN(CC(=O)OCC)S(=O)(=O)c1cccc(F)c1. The topological polar surface area (TPSA) is 63.7 Å². The minimum Gasteiger partial charge on any atom is -0.465 e. The van der Waals surface area contributed by atoms with Crippen molar-refractivity contribution in [2.75, 3.05) is 19.7 Å². The molecule has 110 valence electrons. The van der Waals surface area contributed by atoms with Crippen LogP contribution in [0.3, 0.4) is 0 Å².